The summed E-state index contributed by atoms with van der Waals surface area (Å²) in [4.78, 5) is 88.9. The number of aliphatic hydroxyl groups is 1. The van der Waals surface area contributed by atoms with Crippen LogP contribution in [-0.4, -0.2) is 182 Å². The van der Waals surface area contributed by atoms with Crippen LogP contribution >= 0.6 is 0 Å². The Morgan fingerprint density at radius 1 is 0.791 bits per heavy atom. The Bertz CT molecular complexity index is 2210. The van der Waals surface area contributed by atoms with Crippen LogP contribution in [0.1, 0.15) is 74.4 Å². The second-order valence-corrected chi connectivity index (χ2v) is 16.7. The normalized spacial score (nSPS) is 17.8. The van der Waals surface area contributed by atoms with Gasteiger partial charge in [0.15, 0.2) is 5.78 Å². The highest BCUT2D eigenvalue weighted by molar-refractivity contribution is 6.25. The Balaban J connectivity index is 0.636. The molecule has 4 aliphatic rings. The third kappa shape index (κ3) is 13.9. The number of anilines is 2. The molecule has 0 aliphatic carbocycles. The van der Waals surface area contributed by atoms with E-state index in [9.17, 15) is 33.9 Å². The Hall–Kier alpha value is -5.74. The predicted octanol–water partition coefficient (Wildman–Crippen LogP) is 1.47. The maximum Gasteiger partial charge on any atom is 0.264 e. The maximum absolute atomic E-state index is 13.2. The lowest BCUT2D eigenvalue weighted by molar-refractivity contribution is -0.137. The van der Waals surface area contributed by atoms with E-state index in [2.05, 4.69) is 49.0 Å². The second kappa shape index (κ2) is 24.9. The van der Waals surface area contributed by atoms with Crippen molar-refractivity contribution in [2.24, 2.45) is 0 Å². The van der Waals surface area contributed by atoms with Gasteiger partial charge in [0.2, 0.25) is 17.7 Å². The molecule has 20 nitrogen and oxygen atoms in total. The Kier molecular flexibility index (Phi) is 18.2. The van der Waals surface area contributed by atoms with Gasteiger partial charge < -0.3 is 44.3 Å². The third-order valence-electron chi connectivity index (χ3n) is 11.9. The molecular weight excluding hydrogens is 869 g/mol. The van der Waals surface area contributed by atoms with Gasteiger partial charge in [0, 0.05) is 63.9 Å². The van der Waals surface area contributed by atoms with E-state index in [1.165, 1.54) is 17.5 Å². The fourth-order valence-electron chi connectivity index (χ4n) is 8.32. The van der Waals surface area contributed by atoms with Gasteiger partial charge in [-0.25, -0.2) is 9.97 Å². The number of likely N-dealkylation sites (tertiary alicyclic amines) is 1. The first-order valence-electron chi connectivity index (χ1n) is 23.0. The molecule has 3 aromatic rings. The predicted molar refractivity (Wildman–Crippen MR) is 241 cm³/mol. The fourth-order valence-corrected chi connectivity index (χ4v) is 8.32. The lowest BCUT2D eigenvalue weighted by atomic mass is 9.99. The van der Waals surface area contributed by atoms with E-state index >= 15 is 0 Å². The van der Waals surface area contributed by atoms with Gasteiger partial charge in [0.05, 0.1) is 95.8 Å². The Morgan fingerprint density at radius 3 is 2.19 bits per heavy atom. The van der Waals surface area contributed by atoms with E-state index in [-0.39, 0.29) is 61.1 Å². The Labute approximate surface area is 389 Å². The molecule has 5 amide bonds. The minimum absolute atomic E-state index is 0.00365. The van der Waals surface area contributed by atoms with Crippen molar-refractivity contribution in [1.29, 1.82) is 0 Å². The van der Waals surface area contributed by atoms with Gasteiger partial charge in [-0.1, -0.05) is 30.3 Å². The molecule has 2 fully saturated rings. The highest BCUT2D eigenvalue weighted by Gasteiger charge is 2.45. The van der Waals surface area contributed by atoms with Crippen molar-refractivity contribution < 1.29 is 57.6 Å². The van der Waals surface area contributed by atoms with Crippen molar-refractivity contribution in [3.8, 4) is 0 Å². The summed E-state index contributed by atoms with van der Waals surface area (Å²) in [6, 6.07) is 13.9. The van der Waals surface area contributed by atoms with E-state index < -0.39 is 35.8 Å². The van der Waals surface area contributed by atoms with Crippen molar-refractivity contribution in [3.05, 3.63) is 82.8 Å². The first-order chi connectivity index (χ1) is 32.6. The first-order valence-corrected chi connectivity index (χ1v) is 23.0. The van der Waals surface area contributed by atoms with Gasteiger partial charge in [0.25, 0.3) is 11.8 Å². The molecular formula is C47H60N8O12. The van der Waals surface area contributed by atoms with E-state index in [1.807, 2.05) is 6.07 Å². The highest BCUT2D eigenvalue weighted by atomic mass is 16.6. The maximum atomic E-state index is 13.2. The number of ketones is 1. The first kappa shape index (κ1) is 49.2. The average molecular weight is 929 g/mol. The van der Waals surface area contributed by atoms with Gasteiger partial charge in [-0.3, -0.25) is 43.9 Å². The molecule has 4 aliphatic heterocycles. The largest absolute Gasteiger partial charge is 0.392 e. The molecule has 0 radical (unpaired) electrons. The molecule has 0 spiro atoms. The number of rotatable bonds is 28. The zero-order valence-electron chi connectivity index (χ0n) is 37.7. The summed E-state index contributed by atoms with van der Waals surface area (Å²) in [5, 5.41) is 19.3. The van der Waals surface area contributed by atoms with Crippen LogP contribution in [0.15, 0.2) is 54.9 Å². The van der Waals surface area contributed by atoms with Gasteiger partial charge in [0.1, 0.15) is 23.9 Å². The zero-order valence-corrected chi connectivity index (χ0v) is 37.7. The van der Waals surface area contributed by atoms with Crippen LogP contribution in [0.5, 0.6) is 0 Å². The van der Waals surface area contributed by atoms with E-state index in [0.717, 1.165) is 24.4 Å². The lowest BCUT2D eigenvalue weighted by Gasteiger charge is -2.39. The lowest BCUT2D eigenvalue weighted by Crippen LogP contribution is -2.57. The third-order valence-corrected chi connectivity index (χ3v) is 11.9. The average Bonchev–Trinajstić information content (AvgIpc) is 3.57. The molecule has 20 heteroatoms. The Morgan fingerprint density at radius 2 is 1.48 bits per heavy atom. The number of imide groups is 2. The van der Waals surface area contributed by atoms with Crippen molar-refractivity contribution in [3.63, 3.8) is 0 Å². The van der Waals surface area contributed by atoms with E-state index in [0.29, 0.717) is 109 Å². The molecule has 4 N–H and O–H groups in total. The molecule has 2 atom stereocenters. The molecule has 5 heterocycles. The number of nitrogens with one attached hydrogen (secondary N) is 3. The van der Waals surface area contributed by atoms with Crippen LogP contribution in [-0.2, 0) is 51.0 Å². The number of hydrogen-bond donors (Lipinski definition) is 4. The number of nitrogens with zero attached hydrogens (tertiary/aromatic N) is 5. The zero-order chi connectivity index (χ0) is 47.0. The second-order valence-electron chi connectivity index (χ2n) is 16.7. The molecule has 2 saturated heterocycles. The van der Waals surface area contributed by atoms with Crippen LogP contribution < -0.4 is 16.0 Å². The topological polar surface area (TPSA) is 240 Å². The number of piperidine rings is 1. The van der Waals surface area contributed by atoms with Crippen molar-refractivity contribution in [2.45, 2.75) is 63.3 Å². The van der Waals surface area contributed by atoms with Gasteiger partial charge in [-0.05, 0) is 42.5 Å². The molecule has 360 valence electrons. The molecule has 67 heavy (non-hydrogen) atoms. The van der Waals surface area contributed by atoms with Crippen LogP contribution in [0.4, 0.5) is 11.5 Å². The molecule has 7 rings (SSSR count). The summed E-state index contributed by atoms with van der Waals surface area (Å²) in [6.07, 6.45) is 2.65. The fraction of sp³-hybridized carbons (Fsp3) is 0.532. The molecule has 0 bridgehead atoms. The highest BCUT2D eigenvalue weighted by Crippen LogP contribution is 2.32. The van der Waals surface area contributed by atoms with Crippen molar-refractivity contribution in [1.82, 2.24) is 30.0 Å². The standard InChI is InChI=1S/C47H60N8O12/c56-35(30-53-15-12-32-4-1-2-5-33(32)27-53)8-10-40(57)38-26-41(50-31-49-38)51-34-28-54(29-34)43(59)13-16-63-18-20-65-22-24-67-25-23-66-21-19-64-17-14-48-37-7-3-6-36-44(37)47(62)55(46(36)61)39-9-11-42(58)52-45(39)60/h1-7,26,31,34-35,39,48,56H,8-25,27-30H2,(H,49,50,51)(H,52,58,60)/t35-,39?/m0/s1. The van der Waals surface area contributed by atoms with Crippen LogP contribution in [0, 0.1) is 0 Å². The molecule has 2 aromatic carbocycles. The van der Waals surface area contributed by atoms with Crippen molar-refractivity contribution >= 4 is 46.8 Å². The summed E-state index contributed by atoms with van der Waals surface area (Å²) in [5.41, 5.74) is 3.81. The smallest absolute Gasteiger partial charge is 0.264 e. The number of benzene rings is 2. The number of hydrogen-bond acceptors (Lipinski definition) is 17. The summed E-state index contributed by atoms with van der Waals surface area (Å²) < 4.78 is 27.8. The van der Waals surface area contributed by atoms with Crippen LogP contribution in [0.3, 0.4) is 0 Å². The number of Topliss-reactive ketones (excluding diaryl/α,β-unsaturated/α-hetero) is 1. The number of aliphatic hydroxyl groups excluding tert-OH is 1. The number of amides is 5. The number of carbonyl (C=O) groups is 6. The van der Waals surface area contributed by atoms with E-state index in [1.54, 1.807) is 29.2 Å². The van der Waals surface area contributed by atoms with Gasteiger partial charge >= 0.3 is 0 Å². The monoisotopic (exact) mass is 928 g/mol. The summed E-state index contributed by atoms with van der Waals surface area (Å²) in [6.45, 7) is 7.20. The quantitative estimate of drug-likeness (QED) is 0.0458. The van der Waals surface area contributed by atoms with Crippen LogP contribution in [0.25, 0.3) is 0 Å². The number of fused-ring (bicyclic) bond motifs is 2. The molecule has 0 saturated carbocycles. The number of aromatic nitrogens is 2. The molecule has 1 unspecified atom stereocenters. The van der Waals surface area contributed by atoms with E-state index in [4.69, 9.17) is 23.7 Å². The van der Waals surface area contributed by atoms with Crippen molar-refractivity contribution in [2.75, 3.05) is 109 Å². The van der Waals surface area contributed by atoms with Gasteiger partial charge in [-0.2, -0.15) is 0 Å². The van der Waals surface area contributed by atoms with Gasteiger partial charge in [-0.15, -0.1) is 0 Å². The van der Waals surface area contributed by atoms with Crippen LogP contribution in [0.2, 0.25) is 0 Å². The number of β-amino-alcohol motifs (C(OH)–C–C–N with tert-alkyl or cyclic N) is 1. The minimum Gasteiger partial charge on any atom is -0.392 e. The SMILES string of the molecule is O=C1CCC(N2C(=O)c3cccc(NCCOCCOCCOCCOCCOCCC(=O)N4CC(Nc5cc(C(=O)CC[C@H](O)CN6CCc7ccccc7C6)ncn5)C4)c3C2=O)C(=O)N1. The minimum atomic E-state index is -1.02. The summed E-state index contributed by atoms with van der Waals surface area (Å²) >= 11 is 0. The molecule has 1 aromatic heterocycles. The number of ether oxygens (including phenoxy) is 5. The summed E-state index contributed by atoms with van der Waals surface area (Å²) in [5.74, 6) is -1.84. The summed E-state index contributed by atoms with van der Waals surface area (Å²) in [7, 11) is 0. The number of carbonyl (C=O) groups excluding carboxylic acids is 6.